The van der Waals surface area contributed by atoms with Crippen molar-refractivity contribution in [3.8, 4) is 17.3 Å². The molecule has 0 atom stereocenters. The second-order valence-corrected chi connectivity index (χ2v) is 4.23. The van der Waals surface area contributed by atoms with Crippen LogP contribution in [0, 0.1) is 0 Å². The number of nitrogens with zero attached hydrogens (tertiary/aromatic N) is 2. The van der Waals surface area contributed by atoms with Gasteiger partial charge in [-0.15, -0.1) is 0 Å². The van der Waals surface area contributed by atoms with E-state index in [1.807, 2.05) is 6.92 Å². The van der Waals surface area contributed by atoms with Crippen molar-refractivity contribution in [2.45, 2.75) is 13.3 Å². The summed E-state index contributed by atoms with van der Waals surface area (Å²) in [6.45, 7) is 1.98. The maximum atomic E-state index is 11.5. The summed E-state index contributed by atoms with van der Waals surface area (Å²) in [5.74, 6) is 0.0255. The molecule has 2 N–H and O–H groups in total. The van der Waals surface area contributed by atoms with Gasteiger partial charge in [0.05, 0.1) is 0 Å². The van der Waals surface area contributed by atoms with Crippen LogP contribution in [-0.2, 0) is 6.42 Å². The summed E-state index contributed by atoms with van der Waals surface area (Å²) >= 11 is 2.95. The second-order valence-electron chi connectivity index (χ2n) is 3.44. The van der Waals surface area contributed by atoms with E-state index in [-0.39, 0.29) is 10.4 Å². The molecule has 0 unspecified atom stereocenters. The van der Waals surface area contributed by atoms with Gasteiger partial charge >= 0.3 is 0 Å². The van der Waals surface area contributed by atoms with Crippen molar-refractivity contribution in [3.05, 3.63) is 38.9 Å². The van der Waals surface area contributed by atoms with Crippen LogP contribution in [0.15, 0.2) is 27.7 Å². The fraction of sp³-hybridized carbons (Fsp3) is 0.182. The van der Waals surface area contributed by atoms with Crippen LogP contribution in [0.5, 0.6) is 5.88 Å². The van der Waals surface area contributed by atoms with E-state index in [0.29, 0.717) is 5.82 Å². The molecule has 2 aromatic rings. The van der Waals surface area contributed by atoms with Crippen LogP contribution in [0.25, 0.3) is 11.4 Å². The largest absolute Gasteiger partial charge is 0.492 e. The number of halogens is 1. The number of aromatic hydroxyl groups is 1. The van der Waals surface area contributed by atoms with Gasteiger partial charge in [-0.05, 0) is 34.0 Å². The number of H-pyrrole nitrogens is 1. The maximum absolute atomic E-state index is 11.5. The van der Waals surface area contributed by atoms with E-state index in [4.69, 9.17) is 0 Å². The summed E-state index contributed by atoms with van der Waals surface area (Å²) in [7, 11) is 0. The van der Waals surface area contributed by atoms with E-state index in [1.54, 1.807) is 18.5 Å². The van der Waals surface area contributed by atoms with Crippen LogP contribution < -0.4 is 5.56 Å². The first-order valence-corrected chi connectivity index (χ1v) is 5.84. The summed E-state index contributed by atoms with van der Waals surface area (Å²) in [5.41, 5.74) is 1.31. The van der Waals surface area contributed by atoms with Gasteiger partial charge in [0.15, 0.2) is 0 Å². The molecule has 2 aromatic heterocycles. The van der Waals surface area contributed by atoms with Crippen molar-refractivity contribution < 1.29 is 5.11 Å². The molecule has 0 aliphatic carbocycles. The molecule has 0 aliphatic heterocycles. The SMILES string of the molecule is CCc1cnccc1-c1nc(O)c(Br)c(=O)[nH]1. The minimum atomic E-state index is -0.411. The van der Waals surface area contributed by atoms with Gasteiger partial charge in [-0.2, -0.15) is 4.98 Å². The van der Waals surface area contributed by atoms with Crippen molar-refractivity contribution in [2.24, 2.45) is 0 Å². The highest BCUT2D eigenvalue weighted by molar-refractivity contribution is 9.10. The molecule has 0 spiro atoms. The fourth-order valence-electron chi connectivity index (χ4n) is 1.51. The number of aromatic nitrogens is 3. The van der Waals surface area contributed by atoms with Gasteiger partial charge in [0.1, 0.15) is 10.3 Å². The van der Waals surface area contributed by atoms with Crippen molar-refractivity contribution in [1.29, 1.82) is 0 Å². The molecule has 6 heteroatoms. The summed E-state index contributed by atoms with van der Waals surface area (Å²) < 4.78 is 0.0355. The van der Waals surface area contributed by atoms with Crippen molar-refractivity contribution >= 4 is 15.9 Å². The van der Waals surface area contributed by atoms with E-state index >= 15 is 0 Å². The van der Waals surface area contributed by atoms with E-state index in [0.717, 1.165) is 17.5 Å². The zero-order valence-corrected chi connectivity index (χ0v) is 10.7. The molecular weight excluding hydrogens is 286 g/mol. The first kappa shape index (κ1) is 11.8. The summed E-state index contributed by atoms with van der Waals surface area (Å²) in [4.78, 5) is 22.1. The third kappa shape index (κ3) is 2.21. The lowest BCUT2D eigenvalue weighted by molar-refractivity contribution is 0.448. The Morgan fingerprint density at radius 2 is 2.29 bits per heavy atom. The van der Waals surface area contributed by atoms with Gasteiger partial charge in [0.2, 0.25) is 5.88 Å². The quantitative estimate of drug-likeness (QED) is 0.886. The number of hydrogen-bond acceptors (Lipinski definition) is 4. The monoisotopic (exact) mass is 295 g/mol. The first-order chi connectivity index (χ1) is 8.13. The highest BCUT2D eigenvalue weighted by Crippen LogP contribution is 2.23. The summed E-state index contributed by atoms with van der Waals surface area (Å²) in [5, 5.41) is 9.51. The molecule has 0 fully saturated rings. The Labute approximate surface area is 106 Å². The van der Waals surface area contributed by atoms with E-state index in [9.17, 15) is 9.90 Å². The highest BCUT2D eigenvalue weighted by atomic mass is 79.9. The number of hydrogen-bond donors (Lipinski definition) is 2. The minimum Gasteiger partial charge on any atom is -0.492 e. The Morgan fingerprint density at radius 1 is 1.53 bits per heavy atom. The average molecular weight is 296 g/mol. The Morgan fingerprint density at radius 3 is 2.94 bits per heavy atom. The number of aromatic amines is 1. The van der Waals surface area contributed by atoms with Crippen LogP contribution >= 0.6 is 15.9 Å². The number of pyridine rings is 1. The van der Waals surface area contributed by atoms with E-state index in [1.165, 1.54) is 0 Å². The molecule has 0 radical (unpaired) electrons. The zero-order chi connectivity index (χ0) is 12.4. The smallest absolute Gasteiger partial charge is 0.269 e. The summed E-state index contributed by atoms with van der Waals surface area (Å²) in [6.07, 6.45) is 4.10. The maximum Gasteiger partial charge on any atom is 0.269 e. The lowest BCUT2D eigenvalue weighted by Gasteiger charge is -2.06. The first-order valence-electron chi connectivity index (χ1n) is 5.05. The molecule has 2 heterocycles. The van der Waals surface area contributed by atoms with Crippen LogP contribution in [0.4, 0.5) is 0 Å². The molecule has 17 heavy (non-hydrogen) atoms. The van der Waals surface area contributed by atoms with E-state index in [2.05, 4.69) is 30.9 Å². The van der Waals surface area contributed by atoms with Crippen molar-refractivity contribution in [1.82, 2.24) is 15.0 Å². The molecule has 0 bridgehead atoms. The predicted molar refractivity (Wildman–Crippen MR) is 66.8 cm³/mol. The Hall–Kier alpha value is -1.69. The molecule has 0 aliphatic rings. The predicted octanol–water partition coefficient (Wildman–Crippen LogP) is 1.86. The second kappa shape index (κ2) is 4.67. The summed E-state index contributed by atoms with van der Waals surface area (Å²) in [6, 6.07) is 1.75. The fourth-order valence-corrected chi connectivity index (χ4v) is 1.70. The topological polar surface area (TPSA) is 78.9 Å². The van der Waals surface area contributed by atoms with Crippen LogP contribution in [0.2, 0.25) is 0 Å². The number of nitrogens with one attached hydrogen (secondary N) is 1. The van der Waals surface area contributed by atoms with Crippen LogP contribution in [0.1, 0.15) is 12.5 Å². The highest BCUT2D eigenvalue weighted by Gasteiger charge is 2.11. The van der Waals surface area contributed by atoms with Crippen LogP contribution in [0.3, 0.4) is 0 Å². The molecule has 2 rings (SSSR count). The van der Waals surface area contributed by atoms with Crippen LogP contribution in [-0.4, -0.2) is 20.1 Å². The molecule has 0 amide bonds. The van der Waals surface area contributed by atoms with Gasteiger partial charge in [0.25, 0.3) is 5.56 Å². The molecule has 5 nitrogen and oxygen atoms in total. The van der Waals surface area contributed by atoms with Gasteiger partial charge in [-0.3, -0.25) is 9.78 Å². The lowest BCUT2D eigenvalue weighted by atomic mass is 10.1. The minimum absolute atomic E-state index is 0.0355. The zero-order valence-electron chi connectivity index (χ0n) is 9.07. The molecule has 88 valence electrons. The van der Waals surface area contributed by atoms with Gasteiger partial charge in [0, 0.05) is 18.0 Å². The van der Waals surface area contributed by atoms with Gasteiger partial charge in [-0.1, -0.05) is 6.92 Å². The Kier molecular flexibility index (Phi) is 3.23. The number of aryl methyl sites for hydroxylation is 1. The average Bonchev–Trinajstić information content (AvgIpc) is 2.35. The van der Waals surface area contributed by atoms with Crippen molar-refractivity contribution in [3.63, 3.8) is 0 Å². The third-order valence-corrected chi connectivity index (χ3v) is 3.10. The number of rotatable bonds is 2. The third-order valence-electron chi connectivity index (χ3n) is 2.38. The lowest BCUT2D eigenvalue weighted by Crippen LogP contribution is -2.10. The van der Waals surface area contributed by atoms with Gasteiger partial charge < -0.3 is 10.1 Å². The standard InChI is InChI=1S/C11H10BrN3O2/c1-2-6-5-13-4-3-7(6)9-14-10(16)8(12)11(17)15-9/h3-5H,2H2,1H3,(H2,14,15,16,17). The van der Waals surface area contributed by atoms with E-state index < -0.39 is 5.56 Å². The Bertz CT molecular complexity index is 610. The normalized spacial score (nSPS) is 10.5. The molecule has 0 saturated carbocycles. The molecule has 0 aromatic carbocycles. The molecule has 0 saturated heterocycles. The van der Waals surface area contributed by atoms with Gasteiger partial charge in [-0.25, -0.2) is 0 Å². The Balaban J connectivity index is 2.65. The van der Waals surface area contributed by atoms with Crippen molar-refractivity contribution in [2.75, 3.05) is 0 Å². The molecular formula is C11H10BrN3O2.